The van der Waals surface area contributed by atoms with Crippen molar-refractivity contribution < 1.29 is 15.0 Å². The highest BCUT2D eigenvalue weighted by Crippen LogP contribution is 2.37. The molecule has 0 amide bonds. The van der Waals surface area contributed by atoms with Gasteiger partial charge < -0.3 is 10.2 Å². The van der Waals surface area contributed by atoms with Crippen LogP contribution in [-0.2, 0) is 10.4 Å². The summed E-state index contributed by atoms with van der Waals surface area (Å²) in [5.74, 6) is 0.0844. The number of aldehydes is 1. The van der Waals surface area contributed by atoms with Crippen LogP contribution in [0.3, 0.4) is 0 Å². The molecule has 100 valence electrons. The van der Waals surface area contributed by atoms with Crippen molar-refractivity contribution in [2.24, 2.45) is 5.92 Å². The third-order valence-electron chi connectivity index (χ3n) is 3.64. The number of carbonyl (C=O) groups is 1. The SMILES string of the molecule is CO.O=CC(O)(c1ccccc1)C1CCCCC1. The third kappa shape index (κ3) is 3.18. The first-order valence-electron chi connectivity index (χ1n) is 6.46. The molecule has 1 saturated carbocycles. The summed E-state index contributed by atoms with van der Waals surface area (Å²) in [7, 11) is 1.00. The second-order valence-corrected chi connectivity index (χ2v) is 4.64. The Morgan fingerprint density at radius 2 is 1.67 bits per heavy atom. The zero-order valence-electron chi connectivity index (χ0n) is 10.9. The second kappa shape index (κ2) is 7.29. The van der Waals surface area contributed by atoms with E-state index in [0.717, 1.165) is 44.6 Å². The number of aliphatic hydroxyl groups excluding tert-OH is 1. The summed E-state index contributed by atoms with van der Waals surface area (Å²) < 4.78 is 0. The van der Waals surface area contributed by atoms with E-state index >= 15 is 0 Å². The Labute approximate surface area is 108 Å². The van der Waals surface area contributed by atoms with Crippen molar-refractivity contribution in [3.63, 3.8) is 0 Å². The maximum atomic E-state index is 11.3. The monoisotopic (exact) mass is 250 g/mol. The van der Waals surface area contributed by atoms with Gasteiger partial charge in [-0.25, -0.2) is 0 Å². The van der Waals surface area contributed by atoms with Gasteiger partial charge in [0.1, 0.15) is 5.60 Å². The zero-order chi connectivity index (χ0) is 13.4. The van der Waals surface area contributed by atoms with Crippen molar-refractivity contribution in [3.8, 4) is 0 Å². The molecule has 0 aromatic heterocycles. The molecule has 1 aliphatic rings. The lowest BCUT2D eigenvalue weighted by molar-refractivity contribution is -0.132. The Kier molecular flexibility index (Phi) is 6.02. The van der Waals surface area contributed by atoms with Gasteiger partial charge in [-0.1, -0.05) is 49.6 Å². The summed E-state index contributed by atoms with van der Waals surface area (Å²) in [5, 5.41) is 17.5. The molecule has 3 heteroatoms. The fourth-order valence-electron chi connectivity index (χ4n) is 2.65. The number of rotatable bonds is 3. The molecule has 0 aliphatic heterocycles. The van der Waals surface area contributed by atoms with E-state index in [1.54, 1.807) is 0 Å². The van der Waals surface area contributed by atoms with Gasteiger partial charge in [-0.2, -0.15) is 0 Å². The number of hydrogen-bond acceptors (Lipinski definition) is 3. The van der Waals surface area contributed by atoms with Gasteiger partial charge in [0.25, 0.3) is 0 Å². The number of aliphatic hydroxyl groups is 2. The molecule has 1 aliphatic carbocycles. The molecule has 2 N–H and O–H groups in total. The van der Waals surface area contributed by atoms with Crippen LogP contribution in [0.4, 0.5) is 0 Å². The fourth-order valence-corrected chi connectivity index (χ4v) is 2.65. The van der Waals surface area contributed by atoms with Crippen molar-refractivity contribution >= 4 is 6.29 Å². The molecule has 0 spiro atoms. The zero-order valence-corrected chi connectivity index (χ0v) is 10.9. The van der Waals surface area contributed by atoms with Crippen LogP contribution < -0.4 is 0 Å². The highest BCUT2D eigenvalue weighted by Gasteiger charge is 2.38. The van der Waals surface area contributed by atoms with Gasteiger partial charge in [-0.05, 0) is 24.3 Å². The Morgan fingerprint density at radius 3 is 2.17 bits per heavy atom. The van der Waals surface area contributed by atoms with E-state index in [0.29, 0.717) is 0 Å². The minimum Gasteiger partial charge on any atom is -0.400 e. The van der Waals surface area contributed by atoms with Gasteiger partial charge in [0.15, 0.2) is 6.29 Å². The van der Waals surface area contributed by atoms with E-state index in [1.807, 2.05) is 30.3 Å². The molecule has 1 fully saturated rings. The fraction of sp³-hybridized carbons (Fsp3) is 0.533. The average molecular weight is 250 g/mol. The topological polar surface area (TPSA) is 57.5 Å². The van der Waals surface area contributed by atoms with E-state index in [9.17, 15) is 9.90 Å². The second-order valence-electron chi connectivity index (χ2n) is 4.64. The van der Waals surface area contributed by atoms with Crippen LogP contribution >= 0.6 is 0 Å². The number of benzene rings is 1. The predicted molar refractivity (Wildman–Crippen MR) is 71.1 cm³/mol. The standard InChI is InChI=1S/C14H18O2.CH4O/c15-11-14(16,12-7-3-1-4-8-12)13-9-5-2-6-10-13;1-2/h1,3-4,7-8,11,13,16H,2,5-6,9-10H2;2H,1H3. The molecule has 2 rings (SSSR count). The summed E-state index contributed by atoms with van der Waals surface area (Å²) in [6.45, 7) is 0. The van der Waals surface area contributed by atoms with E-state index in [-0.39, 0.29) is 5.92 Å². The van der Waals surface area contributed by atoms with Crippen molar-refractivity contribution in [1.82, 2.24) is 0 Å². The maximum absolute atomic E-state index is 11.3. The highest BCUT2D eigenvalue weighted by atomic mass is 16.3. The molecular formula is C15H22O3. The summed E-state index contributed by atoms with van der Waals surface area (Å²) in [6, 6.07) is 9.31. The normalized spacial score (nSPS) is 19.3. The summed E-state index contributed by atoms with van der Waals surface area (Å²) in [5.41, 5.74) is -0.543. The summed E-state index contributed by atoms with van der Waals surface area (Å²) in [6.07, 6.45) is 6.08. The van der Waals surface area contributed by atoms with Crippen molar-refractivity contribution in [2.45, 2.75) is 37.7 Å². The van der Waals surface area contributed by atoms with E-state index in [4.69, 9.17) is 5.11 Å². The van der Waals surface area contributed by atoms with Crippen LogP contribution in [-0.4, -0.2) is 23.6 Å². The van der Waals surface area contributed by atoms with Crippen LogP contribution in [0.2, 0.25) is 0 Å². The van der Waals surface area contributed by atoms with Gasteiger partial charge in [0, 0.05) is 7.11 Å². The van der Waals surface area contributed by atoms with Crippen molar-refractivity contribution in [1.29, 1.82) is 0 Å². The lowest BCUT2D eigenvalue weighted by Crippen LogP contribution is -2.38. The molecule has 0 saturated heterocycles. The molecule has 0 radical (unpaired) electrons. The minimum absolute atomic E-state index is 0.0844. The lowest BCUT2D eigenvalue weighted by atomic mass is 9.74. The first-order valence-corrected chi connectivity index (χ1v) is 6.46. The van der Waals surface area contributed by atoms with E-state index in [1.165, 1.54) is 6.42 Å². The molecule has 1 aromatic rings. The van der Waals surface area contributed by atoms with Crippen LogP contribution in [0.25, 0.3) is 0 Å². The molecule has 1 unspecified atom stereocenters. The molecule has 0 bridgehead atoms. The van der Waals surface area contributed by atoms with Gasteiger partial charge >= 0.3 is 0 Å². The first kappa shape index (κ1) is 14.9. The smallest absolute Gasteiger partial charge is 0.156 e. The van der Waals surface area contributed by atoms with E-state index < -0.39 is 5.60 Å². The van der Waals surface area contributed by atoms with Crippen LogP contribution in [0, 0.1) is 5.92 Å². The Morgan fingerprint density at radius 1 is 1.11 bits per heavy atom. The molecule has 1 atom stereocenters. The summed E-state index contributed by atoms with van der Waals surface area (Å²) >= 11 is 0. The van der Waals surface area contributed by atoms with Crippen LogP contribution in [0.5, 0.6) is 0 Å². The molecular weight excluding hydrogens is 228 g/mol. The maximum Gasteiger partial charge on any atom is 0.156 e. The quantitative estimate of drug-likeness (QED) is 0.809. The number of carbonyl (C=O) groups excluding carboxylic acids is 1. The minimum atomic E-state index is -1.28. The Bertz CT molecular complexity index is 344. The summed E-state index contributed by atoms with van der Waals surface area (Å²) in [4.78, 5) is 11.3. The molecule has 18 heavy (non-hydrogen) atoms. The average Bonchev–Trinajstić information content (AvgIpc) is 2.50. The Hall–Kier alpha value is -1.19. The van der Waals surface area contributed by atoms with Gasteiger partial charge in [0.2, 0.25) is 0 Å². The third-order valence-corrected chi connectivity index (χ3v) is 3.64. The van der Waals surface area contributed by atoms with Crippen molar-refractivity contribution in [3.05, 3.63) is 35.9 Å². The molecule has 1 aromatic carbocycles. The van der Waals surface area contributed by atoms with Crippen LogP contribution in [0.1, 0.15) is 37.7 Å². The van der Waals surface area contributed by atoms with Crippen LogP contribution in [0.15, 0.2) is 30.3 Å². The van der Waals surface area contributed by atoms with E-state index in [2.05, 4.69) is 0 Å². The predicted octanol–water partition coefficient (Wildman–Crippen LogP) is 2.26. The van der Waals surface area contributed by atoms with Crippen molar-refractivity contribution in [2.75, 3.05) is 7.11 Å². The first-order chi connectivity index (χ1) is 8.77. The largest absolute Gasteiger partial charge is 0.400 e. The highest BCUT2D eigenvalue weighted by molar-refractivity contribution is 5.66. The molecule has 3 nitrogen and oxygen atoms in total. The van der Waals surface area contributed by atoms with Gasteiger partial charge in [-0.15, -0.1) is 0 Å². The van der Waals surface area contributed by atoms with Gasteiger partial charge in [0.05, 0.1) is 0 Å². The Balaban J connectivity index is 0.000000771. The van der Waals surface area contributed by atoms with Gasteiger partial charge in [-0.3, -0.25) is 4.79 Å². The number of hydrogen-bond donors (Lipinski definition) is 2. The molecule has 0 heterocycles. The lowest BCUT2D eigenvalue weighted by Gasteiger charge is -2.34.